The predicted octanol–water partition coefficient (Wildman–Crippen LogP) is 2.51. The lowest BCUT2D eigenvalue weighted by atomic mass is 10.2. The van der Waals surface area contributed by atoms with Gasteiger partial charge in [-0.15, -0.1) is 0 Å². The first kappa shape index (κ1) is 16.6. The highest BCUT2D eigenvalue weighted by molar-refractivity contribution is 5.94. The summed E-state index contributed by atoms with van der Waals surface area (Å²) < 4.78 is 26.0. The largest absolute Gasteiger partial charge is 0.352 e. The molecule has 0 aliphatic rings. The summed E-state index contributed by atoms with van der Waals surface area (Å²) in [7, 11) is 0. The number of carbonyl (C=O) groups is 2. The molecule has 0 aliphatic carbocycles. The second-order valence-corrected chi connectivity index (χ2v) is 4.89. The number of nitrogens with one attached hydrogen (secondary N) is 2. The van der Waals surface area contributed by atoms with E-state index in [1.54, 1.807) is 0 Å². The summed E-state index contributed by atoms with van der Waals surface area (Å²) in [6, 6.07) is 10.8. The molecule has 2 amide bonds. The van der Waals surface area contributed by atoms with Crippen LogP contribution in [0.4, 0.5) is 8.78 Å². The molecule has 2 aromatic rings. The molecule has 0 saturated carbocycles. The van der Waals surface area contributed by atoms with Crippen LogP contribution in [0.5, 0.6) is 0 Å². The number of hydrogen-bond donors (Lipinski definition) is 2. The third kappa shape index (κ3) is 5.18. The first-order chi connectivity index (χ1) is 11.1. The van der Waals surface area contributed by atoms with Gasteiger partial charge in [0.1, 0.15) is 11.6 Å². The number of hydrogen-bond acceptors (Lipinski definition) is 2. The molecular formula is C17H16F2N2O2. The number of carbonyl (C=O) groups excluding carboxylic acids is 2. The smallest absolute Gasteiger partial charge is 0.251 e. The summed E-state index contributed by atoms with van der Waals surface area (Å²) in [4.78, 5) is 23.5. The Morgan fingerprint density at radius 1 is 0.783 bits per heavy atom. The lowest BCUT2D eigenvalue weighted by molar-refractivity contribution is 0.0951. The Kier molecular flexibility index (Phi) is 5.80. The van der Waals surface area contributed by atoms with Gasteiger partial charge >= 0.3 is 0 Å². The van der Waals surface area contributed by atoms with Gasteiger partial charge in [-0.25, -0.2) is 8.78 Å². The van der Waals surface area contributed by atoms with Crippen molar-refractivity contribution in [2.75, 3.05) is 13.1 Å². The average Bonchev–Trinajstić information content (AvgIpc) is 2.54. The van der Waals surface area contributed by atoms with Crippen molar-refractivity contribution in [3.05, 3.63) is 71.3 Å². The molecule has 0 unspecified atom stereocenters. The van der Waals surface area contributed by atoms with E-state index in [4.69, 9.17) is 0 Å². The Morgan fingerprint density at radius 3 is 1.61 bits per heavy atom. The van der Waals surface area contributed by atoms with Crippen LogP contribution in [0.1, 0.15) is 27.1 Å². The molecule has 0 fully saturated rings. The maximum Gasteiger partial charge on any atom is 0.251 e. The van der Waals surface area contributed by atoms with Crippen LogP contribution >= 0.6 is 0 Å². The van der Waals surface area contributed by atoms with Crippen molar-refractivity contribution in [2.24, 2.45) is 0 Å². The van der Waals surface area contributed by atoms with Crippen molar-refractivity contribution in [1.82, 2.24) is 10.6 Å². The van der Waals surface area contributed by atoms with E-state index < -0.39 is 11.6 Å². The fraction of sp³-hybridized carbons (Fsp3) is 0.176. The standard InChI is InChI=1S/C17H16F2N2O2/c18-14-6-1-4-12(10-14)16(22)20-8-3-9-21-17(23)13-5-2-7-15(19)11-13/h1-2,4-7,10-11H,3,8-9H2,(H,20,22)(H,21,23). The molecule has 0 aliphatic heterocycles. The summed E-state index contributed by atoms with van der Waals surface area (Å²) in [6.45, 7) is 0.664. The van der Waals surface area contributed by atoms with E-state index in [1.165, 1.54) is 36.4 Å². The van der Waals surface area contributed by atoms with E-state index in [0.717, 1.165) is 12.1 Å². The zero-order valence-corrected chi connectivity index (χ0v) is 12.3. The third-order valence-corrected chi connectivity index (χ3v) is 3.10. The minimum atomic E-state index is -0.472. The minimum absolute atomic E-state index is 0.244. The van der Waals surface area contributed by atoms with Gasteiger partial charge in [0.2, 0.25) is 0 Å². The van der Waals surface area contributed by atoms with Crippen molar-refractivity contribution in [3.8, 4) is 0 Å². The molecule has 0 bridgehead atoms. The summed E-state index contributed by atoms with van der Waals surface area (Å²) in [5, 5.41) is 5.26. The summed E-state index contributed by atoms with van der Waals surface area (Å²) in [5.41, 5.74) is 0.489. The fourth-order valence-electron chi connectivity index (χ4n) is 1.96. The van der Waals surface area contributed by atoms with Gasteiger partial charge in [0, 0.05) is 24.2 Å². The molecule has 0 atom stereocenters. The van der Waals surface area contributed by atoms with Crippen LogP contribution in [0.25, 0.3) is 0 Å². The SMILES string of the molecule is O=C(NCCCNC(=O)c1cccc(F)c1)c1cccc(F)c1. The monoisotopic (exact) mass is 318 g/mol. The quantitative estimate of drug-likeness (QED) is 0.804. The van der Waals surface area contributed by atoms with E-state index in [2.05, 4.69) is 10.6 Å². The van der Waals surface area contributed by atoms with E-state index in [1.807, 2.05) is 0 Å². The molecule has 0 saturated heterocycles. The zero-order chi connectivity index (χ0) is 16.7. The van der Waals surface area contributed by atoms with Crippen LogP contribution in [0, 0.1) is 11.6 Å². The Labute approximate surface area is 132 Å². The molecule has 2 rings (SSSR count). The highest BCUT2D eigenvalue weighted by Gasteiger charge is 2.07. The number of halogens is 2. The van der Waals surface area contributed by atoms with Crippen molar-refractivity contribution < 1.29 is 18.4 Å². The molecule has 2 N–H and O–H groups in total. The normalized spacial score (nSPS) is 10.2. The third-order valence-electron chi connectivity index (χ3n) is 3.10. The summed E-state index contributed by atoms with van der Waals surface area (Å²) in [5.74, 6) is -1.69. The summed E-state index contributed by atoms with van der Waals surface area (Å²) >= 11 is 0. The van der Waals surface area contributed by atoms with Gasteiger partial charge < -0.3 is 10.6 Å². The molecule has 23 heavy (non-hydrogen) atoms. The molecule has 6 heteroatoms. The van der Waals surface area contributed by atoms with Crippen LogP contribution in [0.15, 0.2) is 48.5 Å². The Hall–Kier alpha value is -2.76. The van der Waals surface area contributed by atoms with E-state index >= 15 is 0 Å². The number of rotatable bonds is 6. The second-order valence-electron chi connectivity index (χ2n) is 4.89. The van der Waals surface area contributed by atoms with Crippen LogP contribution < -0.4 is 10.6 Å². The van der Waals surface area contributed by atoms with E-state index in [0.29, 0.717) is 19.5 Å². The van der Waals surface area contributed by atoms with Crippen molar-refractivity contribution in [2.45, 2.75) is 6.42 Å². The minimum Gasteiger partial charge on any atom is -0.352 e. The van der Waals surface area contributed by atoms with Crippen molar-refractivity contribution in [1.29, 1.82) is 0 Å². The highest BCUT2D eigenvalue weighted by Crippen LogP contribution is 2.04. The maximum absolute atomic E-state index is 13.0. The van der Waals surface area contributed by atoms with Crippen LogP contribution in [0.2, 0.25) is 0 Å². The average molecular weight is 318 g/mol. The van der Waals surface area contributed by atoms with Crippen LogP contribution in [-0.4, -0.2) is 24.9 Å². The lowest BCUT2D eigenvalue weighted by Gasteiger charge is -2.07. The molecule has 120 valence electrons. The van der Waals surface area contributed by atoms with Crippen LogP contribution in [-0.2, 0) is 0 Å². The van der Waals surface area contributed by atoms with Crippen molar-refractivity contribution in [3.63, 3.8) is 0 Å². The zero-order valence-electron chi connectivity index (χ0n) is 12.3. The molecule has 0 radical (unpaired) electrons. The molecule has 0 heterocycles. The van der Waals surface area contributed by atoms with E-state index in [-0.39, 0.29) is 22.9 Å². The first-order valence-corrected chi connectivity index (χ1v) is 7.14. The molecule has 0 aromatic heterocycles. The molecule has 4 nitrogen and oxygen atoms in total. The van der Waals surface area contributed by atoms with Crippen molar-refractivity contribution >= 4 is 11.8 Å². The molecule has 0 spiro atoms. The van der Waals surface area contributed by atoms with Gasteiger partial charge in [0.25, 0.3) is 11.8 Å². The van der Waals surface area contributed by atoms with Gasteiger partial charge in [0.15, 0.2) is 0 Å². The first-order valence-electron chi connectivity index (χ1n) is 7.14. The molecule has 2 aromatic carbocycles. The highest BCUT2D eigenvalue weighted by atomic mass is 19.1. The Morgan fingerprint density at radius 2 is 1.22 bits per heavy atom. The number of benzene rings is 2. The number of amides is 2. The van der Waals surface area contributed by atoms with Crippen LogP contribution in [0.3, 0.4) is 0 Å². The van der Waals surface area contributed by atoms with Gasteiger partial charge in [-0.3, -0.25) is 9.59 Å². The lowest BCUT2D eigenvalue weighted by Crippen LogP contribution is -2.30. The molecular weight excluding hydrogens is 302 g/mol. The van der Waals surface area contributed by atoms with E-state index in [9.17, 15) is 18.4 Å². The fourth-order valence-corrected chi connectivity index (χ4v) is 1.96. The second kappa shape index (κ2) is 8.03. The van der Waals surface area contributed by atoms with Gasteiger partial charge in [-0.2, -0.15) is 0 Å². The topological polar surface area (TPSA) is 58.2 Å². The van der Waals surface area contributed by atoms with Gasteiger partial charge in [0.05, 0.1) is 0 Å². The Bertz CT molecular complexity index is 645. The predicted molar refractivity (Wildman–Crippen MR) is 82.1 cm³/mol. The van der Waals surface area contributed by atoms with Gasteiger partial charge in [-0.05, 0) is 42.8 Å². The summed E-state index contributed by atoms with van der Waals surface area (Å²) in [6.07, 6.45) is 0.502. The maximum atomic E-state index is 13.0. The van der Waals surface area contributed by atoms with Gasteiger partial charge in [-0.1, -0.05) is 12.1 Å². The Balaban J connectivity index is 1.69.